The van der Waals surface area contributed by atoms with E-state index >= 15 is 0 Å². The topological polar surface area (TPSA) is 36.1 Å². The van der Waals surface area contributed by atoms with Gasteiger partial charge in [0.05, 0.1) is 11.9 Å². The molecule has 1 N–H and O–H groups in total. The summed E-state index contributed by atoms with van der Waals surface area (Å²) in [7, 11) is 0. The first-order valence-electron chi connectivity index (χ1n) is 6.78. The molecule has 2 heterocycles. The Labute approximate surface area is 111 Å². The molecule has 0 unspecified atom stereocenters. The maximum absolute atomic E-state index is 13.6. The van der Waals surface area contributed by atoms with Crippen molar-refractivity contribution in [3.8, 4) is 0 Å². The van der Waals surface area contributed by atoms with E-state index in [1.54, 1.807) is 12.3 Å². The Morgan fingerprint density at radius 2 is 2.05 bits per heavy atom. The molecule has 1 aromatic carbocycles. The number of likely N-dealkylation sites (tertiary alicyclic amines) is 1. The molecule has 0 spiro atoms. The summed E-state index contributed by atoms with van der Waals surface area (Å²) in [4.78, 5) is 17.0. The van der Waals surface area contributed by atoms with Gasteiger partial charge in [0.1, 0.15) is 5.82 Å². The van der Waals surface area contributed by atoms with Gasteiger partial charge in [0.25, 0.3) is 0 Å². The first-order valence-corrected chi connectivity index (χ1v) is 6.78. The Kier molecular flexibility index (Phi) is 3.23. The van der Waals surface area contributed by atoms with Crippen molar-refractivity contribution in [1.82, 2.24) is 9.88 Å². The minimum absolute atomic E-state index is 0.143. The van der Waals surface area contributed by atoms with Gasteiger partial charge < -0.3 is 9.88 Å². The van der Waals surface area contributed by atoms with E-state index in [4.69, 9.17) is 0 Å². The van der Waals surface area contributed by atoms with Crippen molar-refractivity contribution in [2.75, 3.05) is 13.1 Å². The number of halogens is 1. The molecule has 0 saturated carbocycles. The van der Waals surface area contributed by atoms with Crippen LogP contribution >= 0.6 is 0 Å². The number of hydrogen-bond donors (Lipinski definition) is 1. The summed E-state index contributed by atoms with van der Waals surface area (Å²) in [5.41, 5.74) is 1.37. The monoisotopic (exact) mass is 260 g/mol. The fourth-order valence-corrected chi connectivity index (χ4v) is 2.74. The van der Waals surface area contributed by atoms with E-state index in [-0.39, 0.29) is 11.7 Å². The molecule has 1 saturated heterocycles. The number of aromatic nitrogens is 1. The molecule has 0 radical (unpaired) electrons. The number of carbonyl (C=O) groups excluding carboxylic acids is 1. The number of benzene rings is 1. The zero-order chi connectivity index (χ0) is 13.2. The average Bonchev–Trinajstić information content (AvgIpc) is 2.84. The summed E-state index contributed by atoms with van der Waals surface area (Å²) in [6, 6.07) is 4.96. The van der Waals surface area contributed by atoms with Crippen LogP contribution in [0.2, 0.25) is 0 Å². The predicted molar refractivity (Wildman–Crippen MR) is 72.4 cm³/mol. The molecule has 4 heteroatoms. The van der Waals surface area contributed by atoms with E-state index in [1.165, 1.54) is 12.5 Å². The zero-order valence-corrected chi connectivity index (χ0v) is 10.8. The van der Waals surface area contributed by atoms with E-state index < -0.39 is 0 Å². The molecule has 3 rings (SSSR count). The van der Waals surface area contributed by atoms with Crippen LogP contribution in [0.1, 0.15) is 24.8 Å². The molecule has 0 aliphatic carbocycles. The summed E-state index contributed by atoms with van der Waals surface area (Å²) in [6.07, 6.45) is 5.49. The molecular weight excluding hydrogens is 243 g/mol. The standard InChI is InChI=1S/C15H17FN2O/c16-13-6-4-5-12-11(10-17-15(12)13)9-14(19)18-7-2-1-3-8-18/h4-6,10,17H,1-3,7-9H2. The first kappa shape index (κ1) is 12.2. The van der Waals surface area contributed by atoms with Gasteiger partial charge >= 0.3 is 0 Å². The van der Waals surface area contributed by atoms with Crippen LogP contribution in [0.3, 0.4) is 0 Å². The van der Waals surface area contributed by atoms with Gasteiger partial charge in [-0.2, -0.15) is 0 Å². The Balaban J connectivity index is 1.81. The molecule has 1 aliphatic heterocycles. The molecule has 2 aromatic rings. The average molecular weight is 260 g/mol. The van der Waals surface area contributed by atoms with Crippen LogP contribution in [0, 0.1) is 5.82 Å². The smallest absolute Gasteiger partial charge is 0.227 e. The van der Waals surface area contributed by atoms with Crippen LogP contribution in [0.15, 0.2) is 24.4 Å². The van der Waals surface area contributed by atoms with Crippen molar-refractivity contribution in [3.05, 3.63) is 35.8 Å². The lowest BCUT2D eigenvalue weighted by Gasteiger charge is -2.26. The Hall–Kier alpha value is -1.84. The van der Waals surface area contributed by atoms with E-state index in [1.807, 2.05) is 11.0 Å². The Bertz CT molecular complexity index is 599. The Morgan fingerprint density at radius 3 is 2.84 bits per heavy atom. The highest BCUT2D eigenvalue weighted by Gasteiger charge is 2.18. The molecule has 1 fully saturated rings. The van der Waals surface area contributed by atoms with Gasteiger partial charge in [0.2, 0.25) is 5.91 Å². The number of nitrogens with zero attached hydrogens (tertiary/aromatic N) is 1. The van der Waals surface area contributed by atoms with Gasteiger partial charge in [-0.1, -0.05) is 12.1 Å². The van der Waals surface area contributed by atoms with E-state index in [9.17, 15) is 9.18 Å². The molecule has 1 aromatic heterocycles. The normalized spacial score (nSPS) is 15.9. The molecule has 0 atom stereocenters. The summed E-state index contributed by atoms with van der Waals surface area (Å²) >= 11 is 0. The van der Waals surface area contributed by atoms with Crippen molar-refractivity contribution in [2.24, 2.45) is 0 Å². The van der Waals surface area contributed by atoms with E-state index in [0.717, 1.165) is 36.9 Å². The quantitative estimate of drug-likeness (QED) is 0.885. The van der Waals surface area contributed by atoms with Crippen molar-refractivity contribution in [3.63, 3.8) is 0 Å². The number of hydrogen-bond acceptors (Lipinski definition) is 1. The van der Waals surface area contributed by atoms with E-state index in [0.29, 0.717) is 11.9 Å². The number of amides is 1. The fraction of sp³-hybridized carbons (Fsp3) is 0.400. The second-order valence-electron chi connectivity index (χ2n) is 5.09. The van der Waals surface area contributed by atoms with Gasteiger partial charge in [-0.15, -0.1) is 0 Å². The largest absolute Gasteiger partial charge is 0.359 e. The Morgan fingerprint density at radius 1 is 1.26 bits per heavy atom. The van der Waals surface area contributed by atoms with Gasteiger partial charge in [-0.05, 0) is 30.9 Å². The van der Waals surface area contributed by atoms with E-state index in [2.05, 4.69) is 4.98 Å². The number of H-pyrrole nitrogens is 1. The van der Waals surface area contributed by atoms with Crippen LogP contribution in [-0.4, -0.2) is 28.9 Å². The number of aromatic amines is 1. The first-order chi connectivity index (χ1) is 9.25. The predicted octanol–water partition coefficient (Wildman–Crippen LogP) is 2.86. The molecule has 19 heavy (non-hydrogen) atoms. The second kappa shape index (κ2) is 5.03. The third-order valence-electron chi connectivity index (χ3n) is 3.80. The minimum atomic E-state index is -0.269. The zero-order valence-electron chi connectivity index (χ0n) is 10.8. The maximum atomic E-state index is 13.6. The number of nitrogens with one attached hydrogen (secondary N) is 1. The number of carbonyl (C=O) groups is 1. The third kappa shape index (κ3) is 2.35. The lowest BCUT2D eigenvalue weighted by atomic mass is 10.1. The van der Waals surface area contributed by atoms with Crippen LogP contribution in [0.25, 0.3) is 10.9 Å². The van der Waals surface area contributed by atoms with Crippen molar-refractivity contribution < 1.29 is 9.18 Å². The molecule has 1 amide bonds. The number of piperidine rings is 1. The van der Waals surface area contributed by atoms with Crippen molar-refractivity contribution >= 4 is 16.8 Å². The second-order valence-corrected chi connectivity index (χ2v) is 5.09. The highest BCUT2D eigenvalue weighted by Crippen LogP contribution is 2.22. The summed E-state index contributed by atoms with van der Waals surface area (Å²) in [5.74, 6) is -0.126. The fourth-order valence-electron chi connectivity index (χ4n) is 2.74. The third-order valence-corrected chi connectivity index (χ3v) is 3.80. The lowest BCUT2D eigenvalue weighted by Crippen LogP contribution is -2.36. The highest BCUT2D eigenvalue weighted by atomic mass is 19.1. The van der Waals surface area contributed by atoms with Crippen molar-refractivity contribution in [2.45, 2.75) is 25.7 Å². The van der Waals surface area contributed by atoms with Crippen LogP contribution < -0.4 is 0 Å². The van der Waals surface area contributed by atoms with Gasteiger partial charge in [0, 0.05) is 24.7 Å². The van der Waals surface area contributed by atoms with Crippen LogP contribution in [0.4, 0.5) is 4.39 Å². The van der Waals surface area contributed by atoms with Gasteiger partial charge in [0.15, 0.2) is 0 Å². The summed E-state index contributed by atoms with van der Waals surface area (Å²) in [5, 5.41) is 0.811. The van der Waals surface area contributed by atoms with Crippen molar-refractivity contribution in [1.29, 1.82) is 0 Å². The number of para-hydroxylation sites is 1. The molecule has 100 valence electrons. The summed E-state index contributed by atoms with van der Waals surface area (Å²) in [6.45, 7) is 1.71. The molecule has 3 nitrogen and oxygen atoms in total. The maximum Gasteiger partial charge on any atom is 0.227 e. The number of fused-ring (bicyclic) bond motifs is 1. The lowest BCUT2D eigenvalue weighted by molar-refractivity contribution is -0.131. The van der Waals surface area contributed by atoms with Crippen LogP contribution in [-0.2, 0) is 11.2 Å². The summed E-state index contributed by atoms with van der Waals surface area (Å²) < 4.78 is 13.6. The van der Waals surface area contributed by atoms with Gasteiger partial charge in [-0.25, -0.2) is 4.39 Å². The minimum Gasteiger partial charge on any atom is -0.359 e. The molecule has 0 bridgehead atoms. The number of rotatable bonds is 2. The highest BCUT2D eigenvalue weighted by molar-refractivity contribution is 5.89. The molecule has 1 aliphatic rings. The molecular formula is C15H17FN2O. The SMILES string of the molecule is O=C(Cc1c[nH]c2c(F)cccc12)N1CCCCC1. The van der Waals surface area contributed by atoms with Crippen LogP contribution in [0.5, 0.6) is 0 Å². The van der Waals surface area contributed by atoms with Gasteiger partial charge in [-0.3, -0.25) is 4.79 Å².